The molecule has 0 bridgehead atoms. The summed E-state index contributed by atoms with van der Waals surface area (Å²) in [4.78, 5) is 19.4. The Bertz CT molecular complexity index is 838. The van der Waals surface area contributed by atoms with Crippen molar-refractivity contribution in [1.82, 2.24) is 29.3 Å². The Kier molecular flexibility index (Phi) is 3.33. The molecule has 1 fully saturated rings. The van der Waals surface area contributed by atoms with Gasteiger partial charge in [0.25, 0.3) is 5.91 Å². The SMILES string of the molecule is Cc1ccn2ncc(C(=O)N3CCC[C@H]3Cn3cccn3)c2n1. The summed E-state index contributed by atoms with van der Waals surface area (Å²) in [6.07, 6.45) is 9.16. The minimum atomic E-state index is 0.00718. The molecule has 1 saturated heterocycles. The fourth-order valence-corrected chi connectivity index (χ4v) is 3.18. The van der Waals surface area contributed by atoms with Gasteiger partial charge in [0.1, 0.15) is 5.56 Å². The topological polar surface area (TPSA) is 68.3 Å². The van der Waals surface area contributed by atoms with Gasteiger partial charge in [-0.3, -0.25) is 9.48 Å². The van der Waals surface area contributed by atoms with Gasteiger partial charge in [0.05, 0.1) is 18.8 Å². The van der Waals surface area contributed by atoms with Crippen molar-refractivity contribution in [3.63, 3.8) is 0 Å². The predicted octanol–water partition coefficient (Wildman–Crippen LogP) is 1.54. The Hall–Kier alpha value is -2.70. The summed E-state index contributed by atoms with van der Waals surface area (Å²) in [5.74, 6) is 0.00718. The first kappa shape index (κ1) is 13.9. The van der Waals surface area contributed by atoms with Crippen molar-refractivity contribution in [3.05, 3.63) is 48.2 Å². The monoisotopic (exact) mass is 310 g/mol. The van der Waals surface area contributed by atoms with Crippen molar-refractivity contribution in [2.45, 2.75) is 32.4 Å². The first-order valence-corrected chi connectivity index (χ1v) is 7.82. The highest BCUT2D eigenvalue weighted by Crippen LogP contribution is 2.22. The summed E-state index contributed by atoms with van der Waals surface area (Å²) in [7, 11) is 0. The Balaban J connectivity index is 1.63. The average molecular weight is 310 g/mol. The second-order valence-corrected chi connectivity index (χ2v) is 5.92. The standard InChI is InChI=1S/C16H18N6O/c1-12-5-9-22-15(19-12)14(10-18-22)16(23)21-8-2-4-13(21)11-20-7-3-6-17-20/h3,5-7,9-10,13H,2,4,8,11H2,1H3/t13-/m0/s1. The van der Waals surface area contributed by atoms with E-state index in [-0.39, 0.29) is 11.9 Å². The quantitative estimate of drug-likeness (QED) is 0.736. The van der Waals surface area contributed by atoms with E-state index in [0.717, 1.165) is 31.6 Å². The van der Waals surface area contributed by atoms with E-state index in [1.165, 1.54) is 0 Å². The smallest absolute Gasteiger partial charge is 0.259 e. The van der Waals surface area contributed by atoms with Crippen molar-refractivity contribution >= 4 is 11.6 Å². The molecule has 1 aliphatic heterocycles. The third kappa shape index (κ3) is 2.48. The van der Waals surface area contributed by atoms with Crippen LogP contribution in [0.3, 0.4) is 0 Å². The molecule has 4 heterocycles. The zero-order valence-corrected chi connectivity index (χ0v) is 13.0. The molecule has 118 valence electrons. The lowest BCUT2D eigenvalue weighted by molar-refractivity contribution is 0.0723. The number of hydrogen-bond acceptors (Lipinski definition) is 4. The van der Waals surface area contributed by atoms with Gasteiger partial charge in [0.2, 0.25) is 0 Å². The van der Waals surface area contributed by atoms with Crippen LogP contribution in [0.1, 0.15) is 28.9 Å². The number of likely N-dealkylation sites (tertiary alicyclic amines) is 1. The van der Waals surface area contributed by atoms with Crippen LogP contribution in [0, 0.1) is 6.92 Å². The molecule has 0 N–H and O–H groups in total. The van der Waals surface area contributed by atoms with E-state index < -0.39 is 0 Å². The minimum Gasteiger partial charge on any atom is -0.334 e. The molecule has 0 unspecified atom stereocenters. The number of fused-ring (bicyclic) bond motifs is 1. The summed E-state index contributed by atoms with van der Waals surface area (Å²) < 4.78 is 3.54. The molecule has 0 aliphatic carbocycles. The predicted molar refractivity (Wildman–Crippen MR) is 84.0 cm³/mol. The molecule has 23 heavy (non-hydrogen) atoms. The van der Waals surface area contributed by atoms with Crippen LogP contribution in [-0.4, -0.2) is 47.8 Å². The highest BCUT2D eigenvalue weighted by molar-refractivity contribution is 5.99. The van der Waals surface area contributed by atoms with Gasteiger partial charge in [-0.15, -0.1) is 0 Å². The third-order valence-electron chi connectivity index (χ3n) is 4.33. The van der Waals surface area contributed by atoms with Crippen LogP contribution in [0.2, 0.25) is 0 Å². The lowest BCUT2D eigenvalue weighted by Crippen LogP contribution is -2.38. The molecule has 4 rings (SSSR count). The minimum absolute atomic E-state index is 0.00718. The van der Waals surface area contributed by atoms with Crippen LogP contribution in [0.15, 0.2) is 36.9 Å². The van der Waals surface area contributed by atoms with Crippen molar-refractivity contribution in [3.8, 4) is 0 Å². The molecule has 1 aliphatic rings. The van der Waals surface area contributed by atoms with E-state index in [1.807, 2.05) is 41.0 Å². The molecule has 0 saturated carbocycles. The fourth-order valence-electron chi connectivity index (χ4n) is 3.18. The Morgan fingerprint density at radius 1 is 1.35 bits per heavy atom. The highest BCUT2D eigenvalue weighted by atomic mass is 16.2. The van der Waals surface area contributed by atoms with Crippen LogP contribution in [0.4, 0.5) is 0 Å². The lowest BCUT2D eigenvalue weighted by atomic mass is 10.2. The van der Waals surface area contributed by atoms with Gasteiger partial charge < -0.3 is 4.90 Å². The Morgan fingerprint density at radius 3 is 3.09 bits per heavy atom. The average Bonchev–Trinajstić information content (AvgIpc) is 3.27. The maximum Gasteiger partial charge on any atom is 0.259 e. The molecular formula is C16H18N6O. The molecule has 0 spiro atoms. The van der Waals surface area contributed by atoms with Gasteiger partial charge in [-0.1, -0.05) is 0 Å². The van der Waals surface area contributed by atoms with E-state index in [2.05, 4.69) is 15.2 Å². The van der Waals surface area contributed by atoms with E-state index in [9.17, 15) is 4.79 Å². The maximum atomic E-state index is 13.0. The Labute approximate surface area is 133 Å². The van der Waals surface area contributed by atoms with Crippen molar-refractivity contribution < 1.29 is 4.79 Å². The molecule has 7 heteroatoms. The van der Waals surface area contributed by atoms with E-state index in [1.54, 1.807) is 16.9 Å². The summed E-state index contributed by atoms with van der Waals surface area (Å²) in [6, 6.07) is 3.95. The zero-order valence-electron chi connectivity index (χ0n) is 13.0. The van der Waals surface area contributed by atoms with Gasteiger partial charge in [0, 0.05) is 30.8 Å². The molecule has 1 atom stereocenters. The number of aryl methyl sites for hydroxylation is 1. The van der Waals surface area contributed by atoms with E-state index >= 15 is 0 Å². The van der Waals surface area contributed by atoms with Gasteiger partial charge in [-0.25, -0.2) is 9.50 Å². The molecule has 1 amide bonds. The number of hydrogen-bond donors (Lipinski definition) is 0. The maximum absolute atomic E-state index is 13.0. The molecule has 0 aromatic carbocycles. The number of carbonyl (C=O) groups is 1. The van der Waals surface area contributed by atoms with Gasteiger partial charge in [-0.05, 0) is 31.9 Å². The summed E-state index contributed by atoms with van der Waals surface area (Å²) in [5.41, 5.74) is 2.07. The number of amides is 1. The molecule has 3 aromatic heterocycles. The van der Waals surface area contributed by atoms with Crippen LogP contribution in [-0.2, 0) is 6.54 Å². The largest absolute Gasteiger partial charge is 0.334 e. The van der Waals surface area contributed by atoms with Crippen molar-refractivity contribution in [2.24, 2.45) is 0 Å². The molecule has 0 radical (unpaired) electrons. The first-order valence-electron chi connectivity index (χ1n) is 7.82. The van der Waals surface area contributed by atoms with Gasteiger partial charge in [-0.2, -0.15) is 10.2 Å². The number of aromatic nitrogens is 5. The van der Waals surface area contributed by atoms with Crippen molar-refractivity contribution in [1.29, 1.82) is 0 Å². The second-order valence-electron chi connectivity index (χ2n) is 5.92. The fraction of sp³-hybridized carbons (Fsp3) is 0.375. The zero-order chi connectivity index (χ0) is 15.8. The third-order valence-corrected chi connectivity index (χ3v) is 4.33. The van der Waals surface area contributed by atoms with E-state index in [4.69, 9.17) is 0 Å². The highest BCUT2D eigenvalue weighted by Gasteiger charge is 2.31. The number of carbonyl (C=O) groups excluding carboxylic acids is 1. The number of rotatable bonds is 3. The Morgan fingerprint density at radius 2 is 2.26 bits per heavy atom. The molecule has 3 aromatic rings. The molecule has 7 nitrogen and oxygen atoms in total. The van der Waals surface area contributed by atoms with Crippen LogP contribution >= 0.6 is 0 Å². The van der Waals surface area contributed by atoms with Gasteiger partial charge >= 0.3 is 0 Å². The normalized spacial score (nSPS) is 18.0. The van der Waals surface area contributed by atoms with E-state index in [0.29, 0.717) is 11.2 Å². The van der Waals surface area contributed by atoms with Crippen molar-refractivity contribution in [2.75, 3.05) is 6.54 Å². The first-order chi connectivity index (χ1) is 11.2. The lowest BCUT2D eigenvalue weighted by Gasteiger charge is -2.24. The van der Waals surface area contributed by atoms with Crippen LogP contribution < -0.4 is 0 Å². The van der Waals surface area contributed by atoms with Gasteiger partial charge in [0.15, 0.2) is 5.65 Å². The summed E-state index contributed by atoms with van der Waals surface area (Å²) in [6.45, 7) is 3.41. The summed E-state index contributed by atoms with van der Waals surface area (Å²) >= 11 is 0. The van der Waals surface area contributed by atoms with Crippen LogP contribution in [0.25, 0.3) is 5.65 Å². The second kappa shape index (κ2) is 5.49. The number of nitrogens with zero attached hydrogens (tertiary/aromatic N) is 6. The molecular weight excluding hydrogens is 292 g/mol. The van der Waals surface area contributed by atoms with Crippen LogP contribution in [0.5, 0.6) is 0 Å². The summed E-state index contributed by atoms with van der Waals surface area (Å²) in [5, 5.41) is 8.49.